The van der Waals surface area contributed by atoms with E-state index in [1.807, 2.05) is 54.9 Å². The molecule has 4 heteroatoms. The van der Waals surface area contributed by atoms with Gasteiger partial charge in [-0.3, -0.25) is 4.79 Å². The second kappa shape index (κ2) is 4.39. The summed E-state index contributed by atoms with van der Waals surface area (Å²) in [7, 11) is 0. The maximum atomic E-state index is 12.1. The number of nitrogens with zero attached hydrogens (tertiary/aromatic N) is 2. The Balaban J connectivity index is 2.41. The van der Waals surface area contributed by atoms with Crippen molar-refractivity contribution in [3.63, 3.8) is 0 Å². The molecule has 2 aromatic heterocycles. The molecule has 0 atom stereocenters. The zero-order valence-electron chi connectivity index (χ0n) is 11.0. The van der Waals surface area contributed by atoms with Crippen molar-refractivity contribution >= 4 is 10.9 Å². The number of fused-ring (bicyclic) bond motifs is 1. The van der Waals surface area contributed by atoms with E-state index in [1.165, 1.54) is 0 Å². The van der Waals surface area contributed by atoms with Crippen LogP contribution in [0.5, 0.6) is 0 Å². The Morgan fingerprint density at radius 1 is 1.26 bits per heavy atom. The van der Waals surface area contributed by atoms with Gasteiger partial charge in [-0.05, 0) is 31.5 Å². The average Bonchev–Trinajstić information content (AvgIpc) is 2.78. The first-order valence-electron chi connectivity index (χ1n) is 6.37. The molecule has 0 bridgehead atoms. The van der Waals surface area contributed by atoms with Crippen LogP contribution in [0.25, 0.3) is 16.6 Å². The number of hydrogen-bond donors (Lipinski definition) is 1. The van der Waals surface area contributed by atoms with Crippen LogP contribution in [0.15, 0.2) is 41.2 Å². The van der Waals surface area contributed by atoms with Gasteiger partial charge in [0.05, 0.1) is 22.3 Å². The Morgan fingerprint density at radius 2 is 2.00 bits per heavy atom. The fourth-order valence-electron chi connectivity index (χ4n) is 2.36. The summed E-state index contributed by atoms with van der Waals surface area (Å²) in [6, 6.07) is 11.8. The number of pyridine rings is 1. The molecule has 0 fully saturated rings. The van der Waals surface area contributed by atoms with Gasteiger partial charge in [0.1, 0.15) is 0 Å². The lowest BCUT2D eigenvalue weighted by molar-refractivity contribution is 0.862. The zero-order valence-corrected chi connectivity index (χ0v) is 11.0. The molecule has 0 unspecified atom stereocenters. The van der Waals surface area contributed by atoms with Crippen molar-refractivity contribution in [3.8, 4) is 5.69 Å². The van der Waals surface area contributed by atoms with E-state index in [0.29, 0.717) is 5.39 Å². The third-order valence-electron chi connectivity index (χ3n) is 3.22. The van der Waals surface area contributed by atoms with Crippen molar-refractivity contribution in [2.45, 2.75) is 20.3 Å². The normalized spacial score (nSPS) is 11.1. The summed E-state index contributed by atoms with van der Waals surface area (Å²) in [5.41, 5.74) is 3.45. The third-order valence-corrected chi connectivity index (χ3v) is 3.22. The van der Waals surface area contributed by atoms with Gasteiger partial charge in [0, 0.05) is 5.69 Å². The van der Waals surface area contributed by atoms with Crippen molar-refractivity contribution in [3.05, 3.63) is 58.1 Å². The number of rotatable bonds is 2. The van der Waals surface area contributed by atoms with E-state index in [2.05, 4.69) is 10.1 Å². The van der Waals surface area contributed by atoms with Crippen LogP contribution in [0.2, 0.25) is 0 Å². The Bertz CT molecular complexity index is 784. The average molecular weight is 253 g/mol. The summed E-state index contributed by atoms with van der Waals surface area (Å²) in [5, 5.41) is 5.27. The SMILES string of the molecule is CCc1nn(-c2ccccc2)c2cc(C)[nH]c(=O)c12. The highest BCUT2D eigenvalue weighted by Crippen LogP contribution is 2.20. The highest BCUT2D eigenvalue weighted by molar-refractivity contribution is 5.82. The molecule has 0 aliphatic rings. The first-order valence-corrected chi connectivity index (χ1v) is 6.37. The van der Waals surface area contributed by atoms with Gasteiger partial charge in [-0.1, -0.05) is 25.1 Å². The molecule has 0 aliphatic carbocycles. The van der Waals surface area contributed by atoms with Gasteiger partial charge < -0.3 is 4.98 Å². The van der Waals surface area contributed by atoms with Crippen LogP contribution in [0, 0.1) is 6.92 Å². The molecule has 0 saturated carbocycles. The standard InChI is InChI=1S/C15H15N3O/c1-3-12-14-13(9-10(2)16-15(14)19)18(17-12)11-7-5-4-6-8-11/h4-9H,3H2,1-2H3,(H,16,19). The lowest BCUT2D eigenvalue weighted by atomic mass is 10.2. The van der Waals surface area contributed by atoms with Crippen molar-refractivity contribution in [2.24, 2.45) is 0 Å². The van der Waals surface area contributed by atoms with E-state index in [0.717, 1.165) is 29.0 Å². The first kappa shape index (κ1) is 11.7. The van der Waals surface area contributed by atoms with Crippen LogP contribution in [0.1, 0.15) is 18.3 Å². The van der Waals surface area contributed by atoms with Crippen LogP contribution in [-0.2, 0) is 6.42 Å². The molecule has 0 spiro atoms. The van der Waals surface area contributed by atoms with Gasteiger partial charge in [-0.15, -0.1) is 0 Å². The van der Waals surface area contributed by atoms with Gasteiger partial charge in [-0.2, -0.15) is 5.10 Å². The smallest absolute Gasteiger partial charge is 0.259 e. The number of H-pyrrole nitrogens is 1. The quantitative estimate of drug-likeness (QED) is 0.763. The Labute approximate surface area is 110 Å². The summed E-state index contributed by atoms with van der Waals surface area (Å²) in [4.78, 5) is 15.0. The molecule has 0 amide bonds. The largest absolute Gasteiger partial charge is 0.326 e. The molecule has 3 aromatic rings. The van der Waals surface area contributed by atoms with Crippen LogP contribution in [0.4, 0.5) is 0 Å². The number of aromatic nitrogens is 3. The molecular weight excluding hydrogens is 238 g/mol. The zero-order chi connectivity index (χ0) is 13.4. The maximum absolute atomic E-state index is 12.1. The number of nitrogens with one attached hydrogen (secondary N) is 1. The number of para-hydroxylation sites is 1. The van der Waals surface area contributed by atoms with Crippen molar-refractivity contribution in [1.29, 1.82) is 0 Å². The van der Waals surface area contributed by atoms with E-state index in [1.54, 1.807) is 0 Å². The molecule has 2 heterocycles. The molecule has 19 heavy (non-hydrogen) atoms. The second-order valence-electron chi connectivity index (χ2n) is 4.59. The highest BCUT2D eigenvalue weighted by Gasteiger charge is 2.14. The minimum absolute atomic E-state index is 0.0611. The number of aromatic amines is 1. The van der Waals surface area contributed by atoms with Crippen LogP contribution in [0.3, 0.4) is 0 Å². The Morgan fingerprint density at radius 3 is 2.68 bits per heavy atom. The molecule has 1 N–H and O–H groups in total. The van der Waals surface area contributed by atoms with Gasteiger partial charge in [0.15, 0.2) is 0 Å². The summed E-state index contributed by atoms with van der Waals surface area (Å²) in [6.07, 6.45) is 0.739. The lowest BCUT2D eigenvalue weighted by Gasteiger charge is -2.03. The second-order valence-corrected chi connectivity index (χ2v) is 4.59. The lowest BCUT2D eigenvalue weighted by Crippen LogP contribution is -2.08. The predicted molar refractivity (Wildman–Crippen MR) is 75.8 cm³/mol. The number of hydrogen-bond acceptors (Lipinski definition) is 2. The van der Waals surface area contributed by atoms with Crippen molar-refractivity contribution < 1.29 is 0 Å². The first-order chi connectivity index (χ1) is 9.20. The van der Waals surface area contributed by atoms with E-state index in [-0.39, 0.29) is 5.56 Å². The molecule has 3 rings (SSSR count). The van der Waals surface area contributed by atoms with E-state index in [4.69, 9.17) is 0 Å². The Kier molecular flexibility index (Phi) is 2.71. The van der Waals surface area contributed by atoms with Crippen molar-refractivity contribution in [2.75, 3.05) is 0 Å². The molecule has 96 valence electrons. The maximum Gasteiger partial charge on any atom is 0.259 e. The number of aryl methyl sites for hydroxylation is 2. The summed E-state index contributed by atoms with van der Waals surface area (Å²) in [6.45, 7) is 3.89. The van der Waals surface area contributed by atoms with Crippen molar-refractivity contribution in [1.82, 2.24) is 14.8 Å². The summed E-state index contributed by atoms with van der Waals surface area (Å²) < 4.78 is 1.84. The predicted octanol–water partition coefficient (Wildman–Crippen LogP) is 2.58. The molecular formula is C15H15N3O. The van der Waals surface area contributed by atoms with E-state index >= 15 is 0 Å². The van der Waals surface area contributed by atoms with Gasteiger partial charge in [0.25, 0.3) is 5.56 Å². The van der Waals surface area contributed by atoms with E-state index < -0.39 is 0 Å². The molecule has 4 nitrogen and oxygen atoms in total. The van der Waals surface area contributed by atoms with Crippen LogP contribution in [-0.4, -0.2) is 14.8 Å². The molecule has 0 saturated heterocycles. The fraction of sp³-hybridized carbons (Fsp3) is 0.200. The Hall–Kier alpha value is -2.36. The molecule has 0 radical (unpaired) electrons. The summed E-state index contributed by atoms with van der Waals surface area (Å²) in [5.74, 6) is 0. The number of benzene rings is 1. The topological polar surface area (TPSA) is 50.7 Å². The minimum Gasteiger partial charge on any atom is -0.326 e. The minimum atomic E-state index is -0.0611. The van der Waals surface area contributed by atoms with E-state index in [9.17, 15) is 4.79 Å². The molecule has 1 aromatic carbocycles. The monoisotopic (exact) mass is 253 g/mol. The van der Waals surface area contributed by atoms with Gasteiger partial charge in [-0.25, -0.2) is 4.68 Å². The molecule has 0 aliphatic heterocycles. The van der Waals surface area contributed by atoms with Crippen LogP contribution >= 0.6 is 0 Å². The third kappa shape index (κ3) is 1.85. The fourth-order valence-corrected chi connectivity index (χ4v) is 2.36. The van der Waals surface area contributed by atoms with Gasteiger partial charge in [0.2, 0.25) is 0 Å². The highest BCUT2D eigenvalue weighted by atomic mass is 16.1. The summed E-state index contributed by atoms with van der Waals surface area (Å²) >= 11 is 0. The van der Waals surface area contributed by atoms with Gasteiger partial charge >= 0.3 is 0 Å². The van der Waals surface area contributed by atoms with Crippen LogP contribution < -0.4 is 5.56 Å².